The summed E-state index contributed by atoms with van der Waals surface area (Å²) in [5.74, 6) is -0.530. The van der Waals surface area contributed by atoms with Crippen molar-refractivity contribution in [1.82, 2.24) is 0 Å². The maximum absolute atomic E-state index is 10.6. The molecule has 3 nitrogen and oxygen atoms in total. The van der Waals surface area contributed by atoms with Crippen LogP contribution >= 0.6 is 11.8 Å². The molecule has 0 aromatic carbocycles. The minimum atomic E-state index is -0.530. The molecule has 0 aliphatic carbocycles. The summed E-state index contributed by atoms with van der Waals surface area (Å²) in [6, 6.07) is 0. The summed E-state index contributed by atoms with van der Waals surface area (Å²) in [4.78, 5) is 14.7. The summed E-state index contributed by atoms with van der Waals surface area (Å²) >= 11 is 3.80. The van der Waals surface area contributed by atoms with E-state index in [0.717, 1.165) is 3.68 Å². The van der Waals surface area contributed by atoms with E-state index in [2.05, 4.69) is 28.6 Å². The Labute approximate surface area is 85.0 Å². The fraction of sp³-hybridized carbons (Fsp3) is 0.286. The van der Waals surface area contributed by atoms with Gasteiger partial charge < -0.3 is 0 Å². The number of carbonyl (C=O) groups excluding carboxylic acids is 1. The molecule has 0 radical (unpaired) electrons. The van der Waals surface area contributed by atoms with E-state index in [4.69, 9.17) is 5.73 Å². The molecule has 0 rings (SSSR count). The van der Waals surface area contributed by atoms with Crippen LogP contribution in [0.15, 0.2) is 17.1 Å². The quantitative estimate of drug-likeness (QED) is 0.554. The van der Waals surface area contributed by atoms with Crippen LogP contribution in [-0.2, 0) is 21.8 Å². The standard InChI is InChI=1S/C7H10N2OS.V/c1-5(7(8)10)6(2)9-4-11-3;/h1H2,2-3H3,(H2,8,10);. The molecule has 0 unspecified atom stereocenters. The van der Waals surface area contributed by atoms with E-state index in [1.54, 1.807) is 6.92 Å². The van der Waals surface area contributed by atoms with Crippen molar-refractivity contribution in [3.05, 3.63) is 12.2 Å². The van der Waals surface area contributed by atoms with E-state index in [0.29, 0.717) is 5.71 Å². The number of hydrogen-bond donors (Lipinski definition) is 1. The molecule has 0 spiro atoms. The van der Waals surface area contributed by atoms with Crippen LogP contribution < -0.4 is 5.73 Å². The molecule has 65 valence electrons. The van der Waals surface area contributed by atoms with Crippen LogP contribution in [0, 0.1) is 0 Å². The SMILES string of the molecule is C=C(C(N)=O)/C(C)=N\[C](=[V])SC. The van der Waals surface area contributed by atoms with Gasteiger partial charge in [0.25, 0.3) is 0 Å². The molecular formula is C7H10N2OSV. The molecule has 5 heteroatoms. The third-order valence-electron chi connectivity index (χ3n) is 1.18. The Hall–Kier alpha value is -0.316. The van der Waals surface area contributed by atoms with Gasteiger partial charge in [-0.25, -0.2) is 0 Å². The van der Waals surface area contributed by atoms with E-state index >= 15 is 0 Å². The summed E-state index contributed by atoms with van der Waals surface area (Å²) < 4.78 is 0.822. The van der Waals surface area contributed by atoms with E-state index in [1.165, 1.54) is 11.8 Å². The first kappa shape index (κ1) is 11.7. The van der Waals surface area contributed by atoms with Crippen molar-refractivity contribution in [3.63, 3.8) is 0 Å². The van der Waals surface area contributed by atoms with E-state index in [-0.39, 0.29) is 5.57 Å². The molecule has 0 aliphatic rings. The fourth-order valence-electron chi connectivity index (χ4n) is 0.435. The number of aliphatic imine (C=N–C) groups is 1. The van der Waals surface area contributed by atoms with E-state index < -0.39 is 5.91 Å². The zero-order chi connectivity index (χ0) is 9.72. The van der Waals surface area contributed by atoms with Crippen LogP contribution in [0.1, 0.15) is 6.92 Å². The number of thioether (sulfide) groups is 1. The number of rotatable bonds is 4. The molecule has 2 N–H and O–H groups in total. The number of nitrogens with zero attached hydrogens (tertiary/aromatic N) is 1. The molecule has 0 saturated carbocycles. The van der Waals surface area contributed by atoms with Gasteiger partial charge in [0.2, 0.25) is 0 Å². The molecule has 0 aromatic heterocycles. The zero-order valence-corrected chi connectivity index (χ0v) is 9.21. The predicted octanol–water partition coefficient (Wildman–Crippen LogP) is 0.486. The van der Waals surface area contributed by atoms with Crippen LogP contribution in [0.3, 0.4) is 0 Å². The number of primary amides is 1. The van der Waals surface area contributed by atoms with Crippen LogP contribution in [0.25, 0.3) is 0 Å². The molecule has 0 aromatic rings. The molecule has 0 aliphatic heterocycles. The van der Waals surface area contributed by atoms with Gasteiger partial charge >= 0.3 is 84.9 Å². The summed E-state index contributed by atoms with van der Waals surface area (Å²) in [5, 5.41) is 0. The van der Waals surface area contributed by atoms with Crippen molar-refractivity contribution < 1.29 is 21.8 Å². The van der Waals surface area contributed by atoms with Crippen molar-refractivity contribution in [2.24, 2.45) is 10.7 Å². The normalized spacial score (nSPS) is 10.9. The van der Waals surface area contributed by atoms with Crippen LogP contribution in [0.5, 0.6) is 0 Å². The molecule has 0 fully saturated rings. The van der Waals surface area contributed by atoms with E-state index in [1.807, 2.05) is 6.26 Å². The third-order valence-corrected chi connectivity index (χ3v) is 2.65. The first-order valence-electron chi connectivity index (χ1n) is 3.13. The second kappa shape index (κ2) is 5.35. The van der Waals surface area contributed by atoms with Crippen molar-refractivity contribution in [2.75, 3.05) is 6.26 Å². The van der Waals surface area contributed by atoms with Gasteiger partial charge in [0.15, 0.2) is 0 Å². The van der Waals surface area contributed by atoms with Gasteiger partial charge in [-0.3, -0.25) is 0 Å². The topological polar surface area (TPSA) is 55.5 Å². The average molecular weight is 221 g/mol. The molecule has 0 bridgehead atoms. The van der Waals surface area contributed by atoms with Gasteiger partial charge in [0, 0.05) is 0 Å². The maximum atomic E-state index is 10.6. The zero-order valence-electron chi connectivity index (χ0n) is 7.00. The number of hydrogen-bond acceptors (Lipinski definition) is 3. The summed E-state index contributed by atoms with van der Waals surface area (Å²) in [5.41, 5.74) is 5.83. The second-order valence-corrected chi connectivity index (χ2v) is 3.97. The van der Waals surface area contributed by atoms with Gasteiger partial charge in [0.05, 0.1) is 0 Å². The monoisotopic (exact) mass is 221 g/mol. The second-order valence-electron chi connectivity index (χ2n) is 2.03. The Morgan fingerprint density at radius 3 is 2.50 bits per heavy atom. The Bertz CT molecular complexity index is 260. The fourth-order valence-corrected chi connectivity index (χ4v) is 0.897. The van der Waals surface area contributed by atoms with Crippen molar-refractivity contribution in [1.29, 1.82) is 0 Å². The number of nitrogens with two attached hydrogens (primary N) is 1. The molecule has 0 atom stereocenters. The van der Waals surface area contributed by atoms with Gasteiger partial charge in [-0.15, -0.1) is 0 Å². The predicted molar refractivity (Wildman–Crippen MR) is 50.0 cm³/mol. The van der Waals surface area contributed by atoms with Crippen molar-refractivity contribution in [3.8, 4) is 0 Å². The van der Waals surface area contributed by atoms with Crippen LogP contribution in [0.4, 0.5) is 0 Å². The molecule has 12 heavy (non-hydrogen) atoms. The molecule has 0 heterocycles. The van der Waals surface area contributed by atoms with Gasteiger partial charge in [-0.1, -0.05) is 0 Å². The number of carbonyl (C=O) groups is 1. The van der Waals surface area contributed by atoms with Crippen LogP contribution in [-0.4, -0.2) is 21.6 Å². The van der Waals surface area contributed by atoms with Crippen molar-refractivity contribution >= 4 is 27.1 Å². The first-order chi connectivity index (χ1) is 5.49. The minimum absolute atomic E-state index is 0.257. The first-order valence-corrected chi connectivity index (χ1v) is 5.05. The molecular weight excluding hydrogens is 211 g/mol. The van der Waals surface area contributed by atoms with Crippen molar-refractivity contribution in [2.45, 2.75) is 6.92 Å². The average Bonchev–Trinajstić information content (AvgIpc) is 2.02. The third kappa shape index (κ3) is 3.90. The summed E-state index contributed by atoms with van der Waals surface area (Å²) in [6.07, 6.45) is 1.90. The molecule has 0 saturated heterocycles. The number of amides is 1. The Balaban J connectivity index is 4.48. The summed E-state index contributed by atoms with van der Waals surface area (Å²) in [7, 11) is 0. The summed E-state index contributed by atoms with van der Waals surface area (Å²) in [6.45, 7) is 5.21. The Morgan fingerprint density at radius 1 is 1.67 bits per heavy atom. The van der Waals surface area contributed by atoms with E-state index in [9.17, 15) is 4.79 Å². The van der Waals surface area contributed by atoms with Crippen LogP contribution in [0.2, 0.25) is 0 Å². The van der Waals surface area contributed by atoms with Gasteiger partial charge in [-0.2, -0.15) is 0 Å². The Morgan fingerprint density at radius 2 is 2.17 bits per heavy atom. The van der Waals surface area contributed by atoms with Gasteiger partial charge in [-0.05, 0) is 0 Å². The molecule has 1 amide bonds. The van der Waals surface area contributed by atoms with Gasteiger partial charge in [0.1, 0.15) is 0 Å². The Kier molecular flexibility index (Phi) is 5.21.